The van der Waals surface area contributed by atoms with E-state index >= 15 is 0 Å². The highest BCUT2D eigenvalue weighted by Gasteiger charge is 2.10. The van der Waals surface area contributed by atoms with Crippen LogP contribution < -0.4 is 10.6 Å². The number of amides is 2. The molecule has 25 heavy (non-hydrogen) atoms. The maximum atomic E-state index is 11.8. The summed E-state index contributed by atoms with van der Waals surface area (Å²) in [5.74, 6) is -1.36. The van der Waals surface area contributed by atoms with Gasteiger partial charge in [-0.15, -0.1) is 0 Å². The number of nitrogens with one attached hydrogen (secondary N) is 2. The Morgan fingerprint density at radius 2 is 1.52 bits per heavy atom. The summed E-state index contributed by atoms with van der Waals surface area (Å²) in [5, 5.41) is 23.8. The topological polar surface area (TPSA) is 98.7 Å². The molecule has 1 aromatic carbocycles. The van der Waals surface area contributed by atoms with Gasteiger partial charge in [0.15, 0.2) is 11.5 Å². The Morgan fingerprint density at radius 3 is 2.16 bits per heavy atom. The molecule has 0 aromatic heterocycles. The minimum Gasteiger partial charge on any atom is -0.504 e. The maximum Gasteiger partial charge on any atom is 0.233 e. The van der Waals surface area contributed by atoms with Crippen molar-refractivity contribution < 1.29 is 19.8 Å². The Labute approximate surface area is 149 Å². The number of hydrogen-bond acceptors (Lipinski definition) is 4. The molecule has 1 rings (SSSR count). The second-order valence-electron chi connectivity index (χ2n) is 6.25. The molecule has 2 amide bonds. The number of benzene rings is 1. The zero-order valence-electron chi connectivity index (χ0n) is 15.0. The summed E-state index contributed by atoms with van der Waals surface area (Å²) in [4.78, 5) is 23.5. The Hall–Kier alpha value is -2.24. The van der Waals surface area contributed by atoms with Crippen molar-refractivity contribution in [2.24, 2.45) is 0 Å². The molecule has 1 aromatic rings. The Kier molecular flexibility index (Phi) is 10.1. The fourth-order valence-electron chi connectivity index (χ4n) is 2.50. The van der Waals surface area contributed by atoms with E-state index in [1.165, 1.54) is 56.7 Å². The Balaban J connectivity index is 2.09. The van der Waals surface area contributed by atoms with Gasteiger partial charge in [0.05, 0.1) is 0 Å². The summed E-state index contributed by atoms with van der Waals surface area (Å²) >= 11 is 0. The van der Waals surface area contributed by atoms with E-state index in [1.54, 1.807) is 0 Å². The number of hydrogen-bond donors (Lipinski definition) is 4. The second kappa shape index (κ2) is 12.2. The first-order valence-electron chi connectivity index (χ1n) is 9.11. The molecule has 0 bridgehead atoms. The van der Waals surface area contributed by atoms with Crippen molar-refractivity contribution in [2.75, 3.05) is 11.9 Å². The van der Waals surface area contributed by atoms with Gasteiger partial charge in [-0.2, -0.15) is 0 Å². The average molecular weight is 350 g/mol. The van der Waals surface area contributed by atoms with Crippen LogP contribution in [0.3, 0.4) is 0 Å². The highest BCUT2D eigenvalue weighted by Crippen LogP contribution is 2.27. The van der Waals surface area contributed by atoms with E-state index < -0.39 is 5.91 Å². The van der Waals surface area contributed by atoms with Crippen LogP contribution in [-0.2, 0) is 9.59 Å². The molecule has 0 saturated heterocycles. The lowest BCUT2D eigenvalue weighted by Gasteiger charge is -2.07. The first-order valence-corrected chi connectivity index (χ1v) is 9.11. The molecule has 0 aliphatic rings. The van der Waals surface area contributed by atoms with Gasteiger partial charge in [0.2, 0.25) is 11.8 Å². The summed E-state index contributed by atoms with van der Waals surface area (Å²) < 4.78 is 0. The molecule has 140 valence electrons. The van der Waals surface area contributed by atoms with E-state index in [9.17, 15) is 19.8 Å². The van der Waals surface area contributed by atoms with Crippen molar-refractivity contribution in [1.82, 2.24) is 5.32 Å². The monoisotopic (exact) mass is 350 g/mol. The normalized spacial score (nSPS) is 10.4. The molecule has 0 heterocycles. The van der Waals surface area contributed by atoms with Gasteiger partial charge in [-0.1, -0.05) is 51.9 Å². The van der Waals surface area contributed by atoms with Crippen molar-refractivity contribution in [2.45, 2.75) is 64.7 Å². The van der Waals surface area contributed by atoms with Crippen molar-refractivity contribution in [1.29, 1.82) is 0 Å². The van der Waals surface area contributed by atoms with Crippen LogP contribution in [0, 0.1) is 0 Å². The molecule has 0 fully saturated rings. The predicted octanol–water partition coefficient (Wildman–Crippen LogP) is 3.68. The van der Waals surface area contributed by atoms with Gasteiger partial charge < -0.3 is 20.8 Å². The number of anilines is 1. The van der Waals surface area contributed by atoms with Crippen molar-refractivity contribution >= 4 is 17.5 Å². The number of phenols is 2. The summed E-state index contributed by atoms with van der Waals surface area (Å²) in [6.07, 6.45) is 9.33. The van der Waals surface area contributed by atoms with Crippen molar-refractivity contribution in [3.05, 3.63) is 18.2 Å². The van der Waals surface area contributed by atoms with E-state index in [0.29, 0.717) is 12.2 Å². The number of phenolic OH excluding ortho intramolecular Hbond substituents is 2. The largest absolute Gasteiger partial charge is 0.504 e. The summed E-state index contributed by atoms with van der Waals surface area (Å²) in [5.41, 5.74) is 0.330. The number of carbonyl (C=O) groups is 2. The standard InChI is InChI=1S/C19H30N2O4/c1-2-3-4-5-6-7-8-9-12-20-18(24)14-19(25)21-15-10-11-16(22)17(23)13-15/h10-11,13,22-23H,2-9,12,14H2,1H3,(H,20,24)(H,21,25). The quantitative estimate of drug-likeness (QED) is 0.200. The molecule has 0 atom stereocenters. The minimum absolute atomic E-state index is 0.263. The van der Waals surface area contributed by atoms with E-state index in [1.807, 2.05) is 0 Å². The Bertz CT molecular complexity index is 546. The number of rotatable bonds is 12. The summed E-state index contributed by atoms with van der Waals surface area (Å²) in [7, 11) is 0. The predicted molar refractivity (Wildman–Crippen MR) is 98.6 cm³/mol. The third-order valence-corrected chi connectivity index (χ3v) is 3.93. The Morgan fingerprint density at radius 1 is 0.880 bits per heavy atom. The van der Waals surface area contributed by atoms with E-state index in [2.05, 4.69) is 17.6 Å². The van der Waals surface area contributed by atoms with Gasteiger partial charge >= 0.3 is 0 Å². The van der Waals surface area contributed by atoms with Gasteiger partial charge in [-0.25, -0.2) is 0 Å². The van der Waals surface area contributed by atoms with Crippen LogP contribution in [-0.4, -0.2) is 28.6 Å². The molecule has 0 unspecified atom stereocenters. The molecule has 0 radical (unpaired) electrons. The zero-order valence-corrected chi connectivity index (χ0v) is 15.0. The highest BCUT2D eigenvalue weighted by atomic mass is 16.3. The minimum atomic E-state index is -0.460. The van der Waals surface area contributed by atoms with Gasteiger partial charge in [-0.05, 0) is 18.6 Å². The third kappa shape index (κ3) is 9.59. The van der Waals surface area contributed by atoms with Crippen LogP contribution in [0.4, 0.5) is 5.69 Å². The van der Waals surface area contributed by atoms with E-state index in [0.717, 1.165) is 12.8 Å². The molecule has 6 heteroatoms. The summed E-state index contributed by atoms with van der Waals surface area (Å²) in [6, 6.07) is 3.95. The lowest BCUT2D eigenvalue weighted by Crippen LogP contribution is -2.28. The fourth-order valence-corrected chi connectivity index (χ4v) is 2.50. The van der Waals surface area contributed by atoms with Crippen LogP contribution in [0.2, 0.25) is 0 Å². The van der Waals surface area contributed by atoms with Gasteiger partial charge in [0, 0.05) is 18.3 Å². The van der Waals surface area contributed by atoms with E-state index in [-0.39, 0.29) is 23.8 Å². The molecule has 0 saturated carbocycles. The lowest BCUT2D eigenvalue weighted by molar-refractivity contribution is -0.126. The fraction of sp³-hybridized carbons (Fsp3) is 0.579. The molecular weight excluding hydrogens is 320 g/mol. The second-order valence-corrected chi connectivity index (χ2v) is 6.25. The SMILES string of the molecule is CCCCCCCCCCNC(=O)CC(=O)Nc1ccc(O)c(O)c1. The molecular formula is C19H30N2O4. The van der Waals surface area contributed by atoms with Gasteiger partial charge in [0.1, 0.15) is 6.42 Å². The van der Waals surface area contributed by atoms with Crippen LogP contribution in [0.1, 0.15) is 64.7 Å². The number of unbranched alkanes of at least 4 members (excludes halogenated alkanes) is 7. The van der Waals surface area contributed by atoms with Crippen molar-refractivity contribution in [3.8, 4) is 11.5 Å². The smallest absolute Gasteiger partial charge is 0.233 e. The molecule has 4 N–H and O–H groups in total. The van der Waals surface area contributed by atoms with Crippen LogP contribution in [0.5, 0.6) is 11.5 Å². The van der Waals surface area contributed by atoms with Crippen LogP contribution in [0.25, 0.3) is 0 Å². The van der Waals surface area contributed by atoms with Gasteiger partial charge in [0.25, 0.3) is 0 Å². The van der Waals surface area contributed by atoms with Crippen LogP contribution in [0.15, 0.2) is 18.2 Å². The molecule has 0 aliphatic carbocycles. The van der Waals surface area contributed by atoms with Crippen LogP contribution >= 0.6 is 0 Å². The lowest BCUT2D eigenvalue weighted by atomic mass is 10.1. The molecule has 0 aliphatic heterocycles. The average Bonchev–Trinajstić information content (AvgIpc) is 2.56. The summed E-state index contributed by atoms with van der Waals surface area (Å²) in [6.45, 7) is 2.79. The molecule has 6 nitrogen and oxygen atoms in total. The maximum absolute atomic E-state index is 11.8. The zero-order chi connectivity index (χ0) is 18.5. The first-order chi connectivity index (χ1) is 12.0. The third-order valence-electron chi connectivity index (χ3n) is 3.93. The molecule has 0 spiro atoms. The van der Waals surface area contributed by atoms with Crippen molar-refractivity contribution in [3.63, 3.8) is 0 Å². The van der Waals surface area contributed by atoms with E-state index in [4.69, 9.17) is 0 Å². The highest BCUT2D eigenvalue weighted by molar-refractivity contribution is 6.03. The first kappa shape index (κ1) is 20.8. The van der Waals surface area contributed by atoms with Gasteiger partial charge in [-0.3, -0.25) is 9.59 Å². The number of aromatic hydroxyl groups is 2. The number of carbonyl (C=O) groups excluding carboxylic acids is 2.